The molecule has 7 heteroatoms. The van der Waals surface area contributed by atoms with E-state index < -0.39 is 9.84 Å². The van der Waals surface area contributed by atoms with Gasteiger partial charge in [-0.2, -0.15) is 0 Å². The zero-order valence-corrected chi connectivity index (χ0v) is 14.4. The van der Waals surface area contributed by atoms with E-state index in [0.29, 0.717) is 18.2 Å². The number of aromatic nitrogens is 2. The summed E-state index contributed by atoms with van der Waals surface area (Å²) in [5.41, 5.74) is 1.96. The number of benzene rings is 1. The van der Waals surface area contributed by atoms with Crippen molar-refractivity contribution in [3.63, 3.8) is 0 Å². The van der Waals surface area contributed by atoms with Gasteiger partial charge < -0.3 is 4.57 Å². The van der Waals surface area contributed by atoms with Gasteiger partial charge in [-0.05, 0) is 53.1 Å². The van der Waals surface area contributed by atoms with Crippen molar-refractivity contribution in [1.82, 2.24) is 9.55 Å². The lowest BCUT2D eigenvalue weighted by atomic mass is 10.1. The monoisotopic (exact) mass is 424 g/mol. The van der Waals surface area contributed by atoms with Crippen LogP contribution in [-0.2, 0) is 22.3 Å². The van der Waals surface area contributed by atoms with Crippen LogP contribution < -0.4 is 0 Å². The fraction of sp³-hybridized carbons (Fsp3) is 0.462. The zero-order chi connectivity index (χ0) is 14.3. The third-order valence-corrected chi connectivity index (χ3v) is 6.42. The Morgan fingerprint density at radius 3 is 2.90 bits per heavy atom. The number of fused-ring (bicyclic) bond motifs is 1. The first-order valence-electron chi connectivity index (χ1n) is 6.39. The molecule has 4 nitrogen and oxygen atoms in total. The van der Waals surface area contributed by atoms with Crippen molar-refractivity contribution in [3.05, 3.63) is 27.6 Å². The predicted octanol–water partition coefficient (Wildman–Crippen LogP) is 2.81. The van der Waals surface area contributed by atoms with Gasteiger partial charge in [0.05, 0.1) is 28.4 Å². The number of halogens is 2. The second kappa shape index (κ2) is 5.46. The molecular weight excluding hydrogens is 411 g/mol. The molecule has 1 atom stereocenters. The lowest BCUT2D eigenvalue weighted by Gasteiger charge is -2.12. The van der Waals surface area contributed by atoms with Gasteiger partial charge in [-0.1, -0.05) is 0 Å². The number of rotatable bonds is 3. The second-order valence-electron chi connectivity index (χ2n) is 5.17. The van der Waals surface area contributed by atoms with E-state index in [1.807, 2.05) is 18.2 Å². The molecule has 0 bridgehead atoms. The van der Waals surface area contributed by atoms with Crippen LogP contribution in [0, 0.1) is 9.49 Å². The van der Waals surface area contributed by atoms with Crippen LogP contribution >= 0.6 is 34.2 Å². The van der Waals surface area contributed by atoms with Crippen LogP contribution in [0.25, 0.3) is 11.0 Å². The molecule has 2 aromatic rings. The molecule has 0 spiro atoms. The Balaban J connectivity index is 1.98. The van der Waals surface area contributed by atoms with E-state index >= 15 is 0 Å². The largest absolute Gasteiger partial charge is 0.327 e. The van der Waals surface area contributed by atoms with E-state index in [0.717, 1.165) is 26.8 Å². The first-order valence-corrected chi connectivity index (χ1v) is 9.83. The molecule has 1 fully saturated rings. The molecule has 1 aromatic heterocycles. The van der Waals surface area contributed by atoms with Crippen LogP contribution in [0.1, 0.15) is 12.2 Å². The minimum absolute atomic E-state index is 0.165. The minimum Gasteiger partial charge on any atom is -0.327 e. The van der Waals surface area contributed by atoms with Gasteiger partial charge in [0, 0.05) is 10.1 Å². The minimum atomic E-state index is -2.85. The first kappa shape index (κ1) is 14.6. The Morgan fingerprint density at radius 2 is 2.25 bits per heavy atom. The summed E-state index contributed by atoms with van der Waals surface area (Å²) >= 11 is 8.24. The third kappa shape index (κ3) is 2.82. The van der Waals surface area contributed by atoms with E-state index in [1.54, 1.807) is 0 Å². The number of hydrogen-bond donors (Lipinski definition) is 0. The van der Waals surface area contributed by atoms with E-state index in [1.165, 1.54) is 0 Å². The van der Waals surface area contributed by atoms with Crippen LogP contribution in [-0.4, -0.2) is 29.5 Å². The number of hydrogen-bond acceptors (Lipinski definition) is 3. The van der Waals surface area contributed by atoms with Crippen LogP contribution in [0.4, 0.5) is 0 Å². The first-order chi connectivity index (χ1) is 9.48. The predicted molar refractivity (Wildman–Crippen MR) is 88.8 cm³/mol. The molecule has 1 aliphatic rings. The van der Waals surface area contributed by atoms with E-state index in [9.17, 15) is 8.42 Å². The topological polar surface area (TPSA) is 52.0 Å². The van der Waals surface area contributed by atoms with Gasteiger partial charge in [0.2, 0.25) is 0 Å². The quantitative estimate of drug-likeness (QED) is 0.562. The van der Waals surface area contributed by atoms with Crippen LogP contribution in [0.3, 0.4) is 0 Å². The average molecular weight is 425 g/mol. The van der Waals surface area contributed by atoms with Crippen molar-refractivity contribution in [3.8, 4) is 0 Å². The molecule has 0 amide bonds. The second-order valence-corrected chi connectivity index (χ2v) is 8.92. The van der Waals surface area contributed by atoms with Gasteiger partial charge in [-0.25, -0.2) is 13.4 Å². The molecule has 20 heavy (non-hydrogen) atoms. The van der Waals surface area contributed by atoms with Crippen molar-refractivity contribution in [2.45, 2.75) is 18.8 Å². The van der Waals surface area contributed by atoms with E-state index in [2.05, 4.69) is 32.1 Å². The molecule has 1 aromatic carbocycles. The normalized spacial score (nSPS) is 21.6. The smallest absolute Gasteiger partial charge is 0.150 e. The molecule has 3 rings (SSSR count). The van der Waals surface area contributed by atoms with Crippen molar-refractivity contribution in [1.29, 1.82) is 0 Å². The fourth-order valence-corrected chi connectivity index (χ4v) is 5.26. The number of imidazole rings is 1. The van der Waals surface area contributed by atoms with E-state index in [-0.39, 0.29) is 11.7 Å². The highest BCUT2D eigenvalue weighted by molar-refractivity contribution is 14.1. The lowest BCUT2D eigenvalue weighted by Crippen LogP contribution is -2.14. The van der Waals surface area contributed by atoms with Crippen molar-refractivity contribution in [2.24, 2.45) is 5.92 Å². The van der Waals surface area contributed by atoms with Gasteiger partial charge >= 0.3 is 0 Å². The summed E-state index contributed by atoms with van der Waals surface area (Å²) in [6.07, 6.45) is 0.730. The van der Waals surface area contributed by atoms with Gasteiger partial charge in [0.1, 0.15) is 5.82 Å². The summed E-state index contributed by atoms with van der Waals surface area (Å²) in [7, 11) is -2.85. The lowest BCUT2D eigenvalue weighted by molar-refractivity contribution is 0.490. The summed E-state index contributed by atoms with van der Waals surface area (Å²) in [5.74, 6) is 1.90. The molecule has 0 saturated carbocycles. The van der Waals surface area contributed by atoms with Crippen LogP contribution in [0.15, 0.2) is 18.2 Å². The Hall–Kier alpha value is -0.340. The summed E-state index contributed by atoms with van der Waals surface area (Å²) in [4.78, 5) is 4.55. The Labute approximate surface area is 136 Å². The summed E-state index contributed by atoms with van der Waals surface area (Å²) in [6, 6.07) is 6.09. The molecule has 1 saturated heterocycles. The fourth-order valence-electron chi connectivity index (χ4n) is 2.73. The number of alkyl halides is 1. The van der Waals surface area contributed by atoms with Gasteiger partial charge in [0.25, 0.3) is 0 Å². The standard InChI is InChI=1S/C13H14ClIN2O2S/c14-6-13-16-11-5-10(15)1-2-12(11)17(13)7-9-3-4-20(18,19)8-9/h1-2,5,9H,3-4,6-8H2. The Morgan fingerprint density at radius 1 is 1.45 bits per heavy atom. The average Bonchev–Trinajstić information content (AvgIpc) is 2.90. The highest BCUT2D eigenvalue weighted by Gasteiger charge is 2.29. The van der Waals surface area contributed by atoms with E-state index in [4.69, 9.17) is 11.6 Å². The Bertz CT molecular complexity index is 757. The van der Waals surface area contributed by atoms with Crippen molar-refractivity contribution in [2.75, 3.05) is 11.5 Å². The molecule has 0 N–H and O–H groups in total. The van der Waals surface area contributed by atoms with Crippen molar-refractivity contribution >= 4 is 55.1 Å². The van der Waals surface area contributed by atoms with Gasteiger partial charge in [0.15, 0.2) is 9.84 Å². The molecule has 2 heterocycles. The Kier molecular flexibility index (Phi) is 3.98. The molecule has 0 aliphatic carbocycles. The molecule has 1 unspecified atom stereocenters. The maximum Gasteiger partial charge on any atom is 0.150 e. The van der Waals surface area contributed by atoms with Crippen LogP contribution in [0.5, 0.6) is 0 Å². The highest BCUT2D eigenvalue weighted by atomic mass is 127. The summed E-state index contributed by atoms with van der Waals surface area (Å²) < 4.78 is 26.4. The maximum atomic E-state index is 11.6. The summed E-state index contributed by atoms with van der Waals surface area (Å²) in [6.45, 7) is 0.679. The number of nitrogens with zero attached hydrogens (tertiary/aromatic N) is 2. The van der Waals surface area contributed by atoms with Crippen LogP contribution in [0.2, 0.25) is 0 Å². The summed E-state index contributed by atoms with van der Waals surface area (Å²) in [5, 5.41) is 0. The zero-order valence-electron chi connectivity index (χ0n) is 10.7. The highest BCUT2D eigenvalue weighted by Crippen LogP contribution is 2.25. The molecular formula is C13H14ClIN2O2S. The van der Waals surface area contributed by atoms with Crippen molar-refractivity contribution < 1.29 is 8.42 Å². The number of sulfone groups is 1. The molecule has 0 radical (unpaired) electrons. The van der Waals surface area contributed by atoms with Gasteiger partial charge in [-0.15, -0.1) is 11.6 Å². The maximum absolute atomic E-state index is 11.6. The van der Waals surface area contributed by atoms with Gasteiger partial charge in [-0.3, -0.25) is 0 Å². The molecule has 1 aliphatic heterocycles. The SMILES string of the molecule is O=S1(=O)CCC(Cn2c(CCl)nc3cc(I)ccc32)C1. The molecule has 108 valence electrons. The third-order valence-electron chi connectivity index (χ3n) is 3.68.